The van der Waals surface area contributed by atoms with Gasteiger partial charge >= 0.3 is 0 Å². The van der Waals surface area contributed by atoms with Crippen LogP contribution < -0.4 is 9.64 Å². The van der Waals surface area contributed by atoms with E-state index in [0.29, 0.717) is 0 Å². The van der Waals surface area contributed by atoms with E-state index in [9.17, 15) is 0 Å². The van der Waals surface area contributed by atoms with Crippen LogP contribution in [0.2, 0.25) is 0 Å². The lowest BCUT2D eigenvalue weighted by molar-refractivity contribution is 0.288. The van der Waals surface area contributed by atoms with E-state index in [-0.39, 0.29) is 0 Å². The van der Waals surface area contributed by atoms with Gasteiger partial charge in [-0.3, -0.25) is 4.90 Å². The lowest BCUT2D eigenvalue weighted by atomic mass is 10.2. The van der Waals surface area contributed by atoms with E-state index < -0.39 is 0 Å². The molecule has 0 N–H and O–H groups in total. The summed E-state index contributed by atoms with van der Waals surface area (Å²) in [5.74, 6) is 7.32. The topological polar surface area (TPSA) is 28.6 Å². The zero-order valence-electron chi connectivity index (χ0n) is 13.0. The molecule has 0 spiro atoms. The molecule has 0 radical (unpaired) electrons. The SMILES string of the molecule is COc1ccc(C#CCN2CCN(c3nccs3)CC2)cc1Br. The molecule has 1 aliphatic rings. The number of benzene rings is 1. The van der Waals surface area contributed by atoms with Gasteiger partial charge in [0.25, 0.3) is 0 Å². The molecular formula is C17H18BrN3OS. The van der Waals surface area contributed by atoms with E-state index in [4.69, 9.17) is 4.74 Å². The number of hydrogen-bond acceptors (Lipinski definition) is 5. The smallest absolute Gasteiger partial charge is 0.185 e. The van der Waals surface area contributed by atoms with E-state index in [0.717, 1.165) is 53.6 Å². The molecular weight excluding hydrogens is 374 g/mol. The molecule has 6 heteroatoms. The van der Waals surface area contributed by atoms with Crippen molar-refractivity contribution in [2.45, 2.75) is 0 Å². The number of methoxy groups -OCH3 is 1. The summed E-state index contributed by atoms with van der Waals surface area (Å²) in [5, 5.41) is 3.15. The minimum atomic E-state index is 0.801. The molecule has 0 saturated carbocycles. The minimum Gasteiger partial charge on any atom is -0.496 e. The maximum atomic E-state index is 5.23. The first-order valence-corrected chi connectivity index (χ1v) is 9.13. The van der Waals surface area contributed by atoms with Crippen LogP contribution in [-0.4, -0.2) is 49.7 Å². The monoisotopic (exact) mass is 391 g/mol. The summed E-state index contributed by atoms with van der Waals surface area (Å²) in [6, 6.07) is 5.91. The summed E-state index contributed by atoms with van der Waals surface area (Å²) in [6.07, 6.45) is 1.87. The van der Waals surface area contributed by atoms with Gasteiger partial charge in [0.2, 0.25) is 0 Å². The Bertz CT molecular complexity index is 700. The molecule has 3 rings (SSSR count). The van der Waals surface area contributed by atoms with Crippen molar-refractivity contribution < 1.29 is 4.74 Å². The molecule has 1 aromatic heterocycles. The number of nitrogens with zero attached hydrogens (tertiary/aromatic N) is 3. The van der Waals surface area contributed by atoms with Gasteiger partial charge in [-0.1, -0.05) is 11.8 Å². The van der Waals surface area contributed by atoms with E-state index in [1.54, 1.807) is 18.4 Å². The molecule has 23 heavy (non-hydrogen) atoms. The Morgan fingerprint density at radius 2 is 2.13 bits per heavy atom. The summed E-state index contributed by atoms with van der Waals surface area (Å²) in [5.41, 5.74) is 0.999. The van der Waals surface area contributed by atoms with Gasteiger partial charge in [0.1, 0.15) is 5.75 Å². The largest absolute Gasteiger partial charge is 0.496 e. The fraction of sp³-hybridized carbons (Fsp3) is 0.353. The molecule has 2 heterocycles. The van der Waals surface area contributed by atoms with Crippen molar-refractivity contribution in [2.75, 3.05) is 44.7 Å². The lowest BCUT2D eigenvalue weighted by Gasteiger charge is -2.33. The highest BCUT2D eigenvalue weighted by molar-refractivity contribution is 9.10. The third kappa shape index (κ3) is 4.25. The molecule has 0 atom stereocenters. The van der Waals surface area contributed by atoms with Gasteiger partial charge in [-0.25, -0.2) is 4.98 Å². The van der Waals surface area contributed by atoms with Crippen molar-refractivity contribution in [3.05, 3.63) is 39.8 Å². The number of hydrogen-bond donors (Lipinski definition) is 0. The summed E-state index contributed by atoms with van der Waals surface area (Å²) in [4.78, 5) is 9.10. The Balaban J connectivity index is 1.51. The quantitative estimate of drug-likeness (QED) is 0.751. The second-order valence-electron chi connectivity index (χ2n) is 5.23. The zero-order valence-corrected chi connectivity index (χ0v) is 15.4. The molecule has 2 aromatic rings. The normalized spacial score (nSPS) is 15.1. The standard InChI is InChI=1S/C17H18BrN3OS/c1-22-16-5-4-14(13-15(16)18)3-2-7-20-8-10-21(11-9-20)17-19-6-12-23-17/h4-6,12-13H,7-11H2,1H3. The first kappa shape index (κ1) is 16.3. The van der Waals surface area contributed by atoms with E-state index in [2.05, 4.69) is 42.6 Å². The van der Waals surface area contributed by atoms with Gasteiger partial charge in [0.15, 0.2) is 5.13 Å². The predicted octanol–water partition coefficient (Wildman–Crippen LogP) is 3.09. The van der Waals surface area contributed by atoms with Gasteiger partial charge in [-0.05, 0) is 34.1 Å². The van der Waals surface area contributed by atoms with Gasteiger partial charge in [-0.2, -0.15) is 0 Å². The molecule has 1 saturated heterocycles. The highest BCUT2D eigenvalue weighted by Gasteiger charge is 2.17. The molecule has 0 aliphatic carbocycles. The zero-order chi connectivity index (χ0) is 16.1. The van der Waals surface area contributed by atoms with Gasteiger partial charge in [0.05, 0.1) is 18.1 Å². The maximum Gasteiger partial charge on any atom is 0.185 e. The van der Waals surface area contributed by atoms with Gasteiger partial charge in [0, 0.05) is 43.3 Å². The van der Waals surface area contributed by atoms with Crippen molar-refractivity contribution in [1.29, 1.82) is 0 Å². The Morgan fingerprint density at radius 1 is 1.30 bits per heavy atom. The Morgan fingerprint density at radius 3 is 2.78 bits per heavy atom. The van der Waals surface area contributed by atoms with E-state index >= 15 is 0 Å². The lowest BCUT2D eigenvalue weighted by Crippen LogP contribution is -2.46. The van der Waals surface area contributed by atoms with Crippen LogP contribution in [0.5, 0.6) is 5.75 Å². The van der Waals surface area contributed by atoms with Crippen LogP contribution in [0, 0.1) is 11.8 Å². The molecule has 0 amide bonds. The summed E-state index contributed by atoms with van der Waals surface area (Å²) in [7, 11) is 1.66. The molecule has 1 fully saturated rings. The number of anilines is 1. The Hall–Kier alpha value is -1.55. The molecule has 120 valence electrons. The third-order valence-corrected chi connectivity index (χ3v) is 5.20. The Labute approximate surface area is 149 Å². The highest BCUT2D eigenvalue weighted by atomic mass is 79.9. The van der Waals surface area contributed by atoms with Crippen LogP contribution in [0.4, 0.5) is 5.13 Å². The Kier molecular flexibility index (Phi) is 5.55. The van der Waals surface area contributed by atoms with E-state index in [1.807, 2.05) is 29.8 Å². The number of aromatic nitrogens is 1. The average molecular weight is 392 g/mol. The fourth-order valence-corrected chi connectivity index (χ4v) is 3.70. The van der Waals surface area contributed by atoms with Crippen molar-refractivity contribution in [3.8, 4) is 17.6 Å². The minimum absolute atomic E-state index is 0.801. The maximum absolute atomic E-state index is 5.23. The second kappa shape index (κ2) is 7.82. The third-order valence-electron chi connectivity index (χ3n) is 3.75. The van der Waals surface area contributed by atoms with Crippen molar-refractivity contribution in [3.63, 3.8) is 0 Å². The van der Waals surface area contributed by atoms with Crippen LogP contribution in [0.3, 0.4) is 0 Å². The predicted molar refractivity (Wildman–Crippen MR) is 98.3 cm³/mol. The number of piperazine rings is 1. The van der Waals surface area contributed by atoms with Crippen molar-refractivity contribution in [1.82, 2.24) is 9.88 Å². The van der Waals surface area contributed by atoms with Crippen LogP contribution in [0.15, 0.2) is 34.2 Å². The molecule has 1 aromatic carbocycles. The summed E-state index contributed by atoms with van der Waals surface area (Å²) >= 11 is 5.19. The summed E-state index contributed by atoms with van der Waals surface area (Å²) < 4.78 is 6.16. The van der Waals surface area contributed by atoms with Gasteiger partial charge < -0.3 is 9.64 Å². The van der Waals surface area contributed by atoms with E-state index in [1.165, 1.54) is 0 Å². The average Bonchev–Trinajstić information content (AvgIpc) is 3.10. The molecule has 0 bridgehead atoms. The first-order valence-electron chi connectivity index (χ1n) is 7.45. The number of rotatable bonds is 3. The van der Waals surface area contributed by atoms with Crippen LogP contribution in [0.25, 0.3) is 0 Å². The molecule has 1 aliphatic heterocycles. The highest BCUT2D eigenvalue weighted by Crippen LogP contribution is 2.25. The first-order chi connectivity index (χ1) is 11.3. The number of halogens is 1. The summed E-state index contributed by atoms with van der Waals surface area (Å²) in [6.45, 7) is 4.89. The van der Waals surface area contributed by atoms with Crippen molar-refractivity contribution in [2.24, 2.45) is 0 Å². The number of thiazole rings is 1. The molecule has 4 nitrogen and oxygen atoms in total. The van der Waals surface area contributed by atoms with Gasteiger partial charge in [-0.15, -0.1) is 11.3 Å². The van der Waals surface area contributed by atoms with Crippen LogP contribution in [-0.2, 0) is 0 Å². The van der Waals surface area contributed by atoms with Crippen molar-refractivity contribution >= 4 is 32.4 Å². The fourth-order valence-electron chi connectivity index (χ4n) is 2.47. The molecule has 0 unspecified atom stereocenters. The van der Waals surface area contributed by atoms with Crippen LogP contribution in [0.1, 0.15) is 5.56 Å². The number of ether oxygens (including phenoxy) is 1. The second-order valence-corrected chi connectivity index (χ2v) is 6.96. The van der Waals surface area contributed by atoms with Crippen LogP contribution >= 0.6 is 27.3 Å².